The van der Waals surface area contributed by atoms with Gasteiger partial charge in [0.2, 0.25) is 23.7 Å². The van der Waals surface area contributed by atoms with Gasteiger partial charge in [-0.2, -0.15) is 15.0 Å². The summed E-state index contributed by atoms with van der Waals surface area (Å²) in [5.41, 5.74) is 6.87. The van der Waals surface area contributed by atoms with Crippen LogP contribution in [0.3, 0.4) is 0 Å². The van der Waals surface area contributed by atoms with Gasteiger partial charge < -0.3 is 69.8 Å². The Morgan fingerprint density at radius 3 is 1.64 bits per heavy atom. The summed E-state index contributed by atoms with van der Waals surface area (Å²) in [4.78, 5) is 40.9. The second-order valence-electron chi connectivity index (χ2n) is 26.8. The molecule has 3 saturated heterocycles. The van der Waals surface area contributed by atoms with Crippen molar-refractivity contribution < 1.29 is 36.5 Å². The molecule has 25 nitrogen and oxygen atoms in total. The van der Waals surface area contributed by atoms with Gasteiger partial charge in [-0.05, 0) is 187 Å². The van der Waals surface area contributed by atoms with Gasteiger partial charge in [0.15, 0.2) is 27.3 Å². The van der Waals surface area contributed by atoms with Crippen LogP contribution in [0, 0.1) is 3.57 Å². The fraction of sp³-hybridized carbons (Fsp3) is 0.373. The first-order chi connectivity index (χ1) is 51.3. The number of para-hydroxylation sites is 3. The molecule has 3 fully saturated rings. The van der Waals surface area contributed by atoms with Crippen LogP contribution in [0.5, 0.6) is 17.4 Å². The van der Waals surface area contributed by atoms with Gasteiger partial charge in [-0.25, -0.2) is 28.4 Å². The van der Waals surface area contributed by atoms with Crippen LogP contribution in [0.15, 0.2) is 145 Å². The van der Waals surface area contributed by atoms with E-state index < -0.39 is 29.4 Å². The SMILES string of the molecule is COc1cc(CCCCN2CCOCC2)ccc1Nc1ncc(Cl)c(Nc2ccccc2P(C)(C)=O)n1.COc1cc(N2CCC(N3CCN(C)CC3)CC2)ccc1Nc1ncc(Cl)c(Nc2ccccc2I)n1.COc1nc(P(C)(C)=O)ccc1Nc1ncc(Cl)c(Nc2ccccc2S(=O)(=O)C(C)C)n1. The number of morpholine rings is 1. The van der Waals surface area contributed by atoms with Crippen molar-refractivity contribution in [3.8, 4) is 17.4 Å². The summed E-state index contributed by atoms with van der Waals surface area (Å²) < 4.78 is 73.8. The van der Waals surface area contributed by atoms with Crippen molar-refractivity contribution in [3.05, 3.63) is 164 Å². The highest BCUT2D eigenvalue weighted by Gasteiger charge is 2.29. The zero-order valence-electron chi connectivity index (χ0n) is 61.7. The van der Waals surface area contributed by atoms with Crippen molar-refractivity contribution >= 4 is 167 Å². The quantitative estimate of drug-likeness (QED) is 0.0167. The van der Waals surface area contributed by atoms with Crippen LogP contribution in [0.1, 0.15) is 45.1 Å². The zero-order valence-corrected chi connectivity index (χ0v) is 68.8. The first kappa shape index (κ1) is 81.8. The van der Waals surface area contributed by atoms with Gasteiger partial charge in [0.05, 0.1) is 91.7 Å². The minimum absolute atomic E-state index is 0.147. The molecule has 9 aromatic rings. The van der Waals surface area contributed by atoms with E-state index in [2.05, 4.69) is 140 Å². The number of ether oxygens (including phenoxy) is 4. The highest BCUT2D eigenvalue weighted by Crippen LogP contribution is 2.41. The van der Waals surface area contributed by atoms with E-state index in [0.717, 1.165) is 103 Å². The highest BCUT2D eigenvalue weighted by molar-refractivity contribution is 14.1. The fourth-order valence-corrected chi connectivity index (χ4v) is 16.2. The molecule has 570 valence electrons. The summed E-state index contributed by atoms with van der Waals surface area (Å²) in [6, 6.07) is 38.4. The maximum absolute atomic E-state index is 12.7. The van der Waals surface area contributed by atoms with Crippen molar-refractivity contribution in [3.63, 3.8) is 0 Å². The normalized spacial score (nSPS) is 14.7. The third-order valence-corrected chi connectivity index (χ3v) is 25.0. The number of methoxy groups -OCH3 is 3. The molecule has 0 unspecified atom stereocenters. The summed E-state index contributed by atoms with van der Waals surface area (Å²) in [5.74, 6) is 3.89. The van der Waals surface area contributed by atoms with Crippen LogP contribution in [0.25, 0.3) is 0 Å². The molecule has 0 aliphatic carbocycles. The van der Waals surface area contributed by atoms with Crippen LogP contribution in [0.4, 0.5) is 75.1 Å². The van der Waals surface area contributed by atoms with E-state index in [1.807, 2.05) is 60.7 Å². The Morgan fingerprint density at radius 1 is 0.561 bits per heavy atom. The van der Waals surface area contributed by atoms with E-state index in [4.69, 9.17) is 53.8 Å². The van der Waals surface area contributed by atoms with Crippen LogP contribution in [-0.4, -0.2) is 196 Å². The van der Waals surface area contributed by atoms with Crippen molar-refractivity contribution in [2.24, 2.45) is 0 Å². The van der Waals surface area contributed by atoms with E-state index >= 15 is 0 Å². The number of benzene rings is 5. The van der Waals surface area contributed by atoms with Crippen molar-refractivity contribution in [2.45, 2.75) is 62.1 Å². The summed E-state index contributed by atoms with van der Waals surface area (Å²) >= 11 is 21.3. The number of likely N-dealkylation sites (N-methyl/N-ethyl adjacent to an activating group) is 1. The summed E-state index contributed by atoms with van der Waals surface area (Å²) in [7, 11) is -1.58. The molecule has 0 radical (unpaired) electrons. The van der Waals surface area contributed by atoms with Crippen LogP contribution >= 0.6 is 71.7 Å². The number of piperidine rings is 1. The van der Waals surface area contributed by atoms with Crippen molar-refractivity contribution in [1.82, 2.24) is 49.6 Å². The molecule has 0 spiro atoms. The number of nitrogens with zero attached hydrogens (tertiary/aromatic N) is 11. The maximum atomic E-state index is 12.7. The lowest BCUT2D eigenvalue weighted by molar-refractivity contribution is 0.0372. The smallest absolute Gasteiger partial charge is 0.238 e. The predicted molar refractivity (Wildman–Crippen MR) is 445 cm³/mol. The number of pyridine rings is 1. The van der Waals surface area contributed by atoms with Gasteiger partial charge in [0.25, 0.3) is 0 Å². The number of hydrogen-bond donors (Lipinski definition) is 6. The van der Waals surface area contributed by atoms with Gasteiger partial charge in [-0.1, -0.05) is 77.3 Å². The van der Waals surface area contributed by atoms with Gasteiger partial charge >= 0.3 is 0 Å². The lowest BCUT2D eigenvalue weighted by Gasteiger charge is -2.42. The Labute approximate surface area is 656 Å². The molecular weight excluding hydrogens is 1590 g/mol. The number of aryl methyl sites for hydroxylation is 1. The molecule has 4 aromatic heterocycles. The van der Waals surface area contributed by atoms with Gasteiger partial charge in [-0.15, -0.1) is 0 Å². The monoisotopic (exact) mass is 1690 g/mol. The van der Waals surface area contributed by atoms with Crippen molar-refractivity contribution in [2.75, 3.05) is 164 Å². The first-order valence-corrected chi connectivity index (χ1v) is 44.1. The molecule has 0 saturated carbocycles. The third kappa shape index (κ3) is 22.7. The van der Waals surface area contributed by atoms with Crippen LogP contribution in [-0.2, 0) is 30.1 Å². The average Bonchev–Trinajstić information content (AvgIpc) is 0.775. The third-order valence-electron chi connectivity index (χ3n) is 18.1. The van der Waals surface area contributed by atoms with Gasteiger partial charge in [0.1, 0.15) is 52.0 Å². The van der Waals surface area contributed by atoms with Crippen LogP contribution in [0.2, 0.25) is 15.1 Å². The van der Waals surface area contributed by atoms with E-state index in [9.17, 15) is 17.5 Å². The molecule has 32 heteroatoms. The number of hydrogen-bond acceptors (Lipinski definition) is 25. The maximum Gasteiger partial charge on any atom is 0.238 e. The van der Waals surface area contributed by atoms with E-state index in [-0.39, 0.29) is 27.6 Å². The standard InChI is InChI=1S/C27H33ClIN7O.C27H35ClN5O3P.C21H25ClN5O4PS/c1-34-13-15-36(16-14-34)19-9-11-35(12-10-19)20-7-8-24(25(17-20)37-2)32-27-30-18-21(28)26(33-27)31-23-6-4-3-5-22(23)29;1-35-24-18-20(8-6-7-13-33-14-16-36-17-15-33)11-12-22(24)31-27-29-19-21(28)26(32-27)30-23-9-4-5-10-25(23)37(2,3)34;1-13(2)33(29,30)17-9-7-6-8-15(17)24-19-14(22)12-23-21(27-19)25-16-10-11-18(32(4,5)28)26-20(16)31-3/h3-8,17-19H,9-16H2,1-2H3,(H2,30,31,32,33);4-5,9-12,18-19H,6-8,13-17H2,1-3H3,(H2,29,30,31,32);6-13H,1-5H3,(H2,23,24,25,27). The largest absolute Gasteiger partial charge is 0.495 e. The fourth-order valence-electron chi connectivity index (χ4n) is 12.1. The Balaban J connectivity index is 0.000000172. The minimum atomic E-state index is -3.54. The molecule has 7 heterocycles. The molecule has 0 amide bonds. The Hall–Kier alpha value is -7.66. The molecular formula is C75H93Cl3IN17O8P2S. The zero-order chi connectivity index (χ0) is 76.4. The molecule has 0 atom stereocenters. The topological polar surface area (TPSA) is 281 Å². The van der Waals surface area contributed by atoms with Crippen molar-refractivity contribution in [1.29, 1.82) is 0 Å². The van der Waals surface area contributed by atoms with Crippen LogP contribution < -0.4 is 61.8 Å². The van der Waals surface area contributed by atoms with E-state index in [0.29, 0.717) is 62.1 Å². The number of halogens is 4. The first-order valence-electron chi connectivity index (χ1n) is 35.1. The number of unbranched alkanes of at least 4 members (excludes halogenated alkanes) is 1. The molecule has 6 N–H and O–H groups in total. The summed E-state index contributed by atoms with van der Waals surface area (Å²) in [6.07, 6.45) is 10.2. The lowest BCUT2D eigenvalue weighted by Crippen LogP contribution is -2.52. The number of sulfone groups is 1. The molecule has 5 aromatic carbocycles. The average molecular weight is 1690 g/mol. The molecule has 3 aliphatic rings. The number of aromatic nitrogens is 7. The molecule has 3 aliphatic heterocycles. The molecule has 0 bridgehead atoms. The Morgan fingerprint density at radius 2 is 1.07 bits per heavy atom. The minimum Gasteiger partial charge on any atom is -0.495 e. The Bertz CT molecular complexity index is 4720. The van der Waals surface area contributed by atoms with E-state index in [1.165, 1.54) is 75.8 Å². The van der Waals surface area contributed by atoms with Gasteiger partial charge in [-0.3, -0.25) is 9.80 Å². The molecule has 12 rings (SSSR count). The Kier molecular flexibility index (Phi) is 29.2. The second kappa shape index (κ2) is 38.1. The molecule has 107 heavy (non-hydrogen) atoms. The predicted octanol–water partition coefficient (Wildman–Crippen LogP) is 15.4. The summed E-state index contributed by atoms with van der Waals surface area (Å²) in [6.45, 7) is 21.6. The number of nitrogens with one attached hydrogen (secondary N) is 6. The number of rotatable bonds is 26. The second-order valence-corrected chi connectivity index (χ2v) is 38.0. The number of anilines is 13. The van der Waals surface area contributed by atoms with Gasteiger partial charge in [0, 0.05) is 79.0 Å². The number of piperazine rings is 1. The van der Waals surface area contributed by atoms with E-state index in [1.54, 1.807) is 91.3 Å². The lowest BCUT2D eigenvalue weighted by atomic mass is 10.0. The highest BCUT2D eigenvalue weighted by atomic mass is 127. The summed E-state index contributed by atoms with van der Waals surface area (Å²) in [5, 5.41) is 20.2.